The summed E-state index contributed by atoms with van der Waals surface area (Å²) in [6, 6.07) is 3.82. The topological polar surface area (TPSA) is 49.8 Å². The normalized spacial score (nSPS) is 10.9. The van der Waals surface area contributed by atoms with E-state index in [0.717, 1.165) is 0 Å². The van der Waals surface area contributed by atoms with E-state index in [2.05, 4.69) is 15.7 Å². The average molecular weight is 136 g/mol. The van der Waals surface area contributed by atoms with Gasteiger partial charge >= 0.3 is 0 Å². The maximum absolute atomic E-state index is 8.63. The predicted octanol–water partition coefficient (Wildman–Crippen LogP) is 1.48. The van der Waals surface area contributed by atoms with Crippen LogP contribution in [0.3, 0.4) is 0 Å². The maximum Gasteiger partial charge on any atom is 0.124 e. The zero-order valence-electron chi connectivity index (χ0n) is 5.96. The van der Waals surface area contributed by atoms with E-state index in [1.54, 1.807) is 19.9 Å². The molecule has 0 unspecified atom stereocenters. The highest BCUT2D eigenvalue weighted by molar-refractivity contribution is 5.20. The molecule has 52 valence electrons. The molecule has 1 aromatic rings. The molecule has 0 saturated heterocycles. The van der Waals surface area contributed by atoms with Gasteiger partial charge in [-0.3, -0.25) is 0 Å². The molecule has 0 aliphatic heterocycles. The second kappa shape index (κ2) is 2.14. The van der Waals surface area contributed by atoms with Crippen LogP contribution in [-0.2, 0) is 5.41 Å². The third-order valence-electron chi connectivity index (χ3n) is 1.36. The zero-order chi connectivity index (χ0) is 7.61. The Bertz CT molecular complexity index is 243. The van der Waals surface area contributed by atoms with Gasteiger partial charge < -0.3 is 4.52 Å². The van der Waals surface area contributed by atoms with Crippen LogP contribution in [0.15, 0.2) is 16.9 Å². The Balaban J connectivity index is 2.99. The minimum absolute atomic E-state index is 0.535. The molecule has 0 spiro atoms. The quantitative estimate of drug-likeness (QED) is 0.587. The van der Waals surface area contributed by atoms with E-state index in [4.69, 9.17) is 5.26 Å². The number of aromatic nitrogens is 1. The van der Waals surface area contributed by atoms with E-state index < -0.39 is 5.41 Å². The molecule has 3 nitrogen and oxygen atoms in total. The van der Waals surface area contributed by atoms with Crippen LogP contribution in [0.5, 0.6) is 0 Å². The third-order valence-corrected chi connectivity index (χ3v) is 1.36. The lowest BCUT2D eigenvalue weighted by Gasteiger charge is -2.08. The lowest BCUT2D eigenvalue weighted by atomic mass is 9.92. The van der Waals surface area contributed by atoms with E-state index in [-0.39, 0.29) is 0 Å². The molecule has 0 aliphatic carbocycles. The largest absolute Gasteiger partial charge is 0.364 e. The standard InChI is InChI=1S/C7H8N2O/c1-7(2,5-8)6-3-4-10-9-6/h3-4H,1-2H3. The van der Waals surface area contributed by atoms with Gasteiger partial charge in [0.25, 0.3) is 0 Å². The first-order valence-electron chi connectivity index (χ1n) is 2.99. The van der Waals surface area contributed by atoms with Gasteiger partial charge in [0, 0.05) is 6.07 Å². The fraction of sp³-hybridized carbons (Fsp3) is 0.429. The maximum atomic E-state index is 8.63. The van der Waals surface area contributed by atoms with Crippen LogP contribution in [0.2, 0.25) is 0 Å². The van der Waals surface area contributed by atoms with Crippen molar-refractivity contribution in [1.82, 2.24) is 5.16 Å². The fourth-order valence-corrected chi connectivity index (χ4v) is 0.592. The molecule has 0 aliphatic rings. The minimum atomic E-state index is -0.535. The number of hydrogen-bond donors (Lipinski definition) is 0. The highest BCUT2D eigenvalue weighted by Crippen LogP contribution is 2.18. The van der Waals surface area contributed by atoms with E-state index >= 15 is 0 Å². The summed E-state index contributed by atoms with van der Waals surface area (Å²) in [5.74, 6) is 0. The SMILES string of the molecule is CC(C)(C#N)c1ccon1. The van der Waals surface area contributed by atoms with Crippen molar-refractivity contribution in [3.05, 3.63) is 18.0 Å². The van der Waals surface area contributed by atoms with Gasteiger partial charge in [-0.2, -0.15) is 5.26 Å². The molecule has 10 heavy (non-hydrogen) atoms. The monoisotopic (exact) mass is 136 g/mol. The fourth-order valence-electron chi connectivity index (χ4n) is 0.592. The molecule has 1 aromatic heterocycles. The minimum Gasteiger partial charge on any atom is -0.364 e. The summed E-state index contributed by atoms with van der Waals surface area (Å²) in [5.41, 5.74) is 0.141. The number of nitrogens with zero attached hydrogens (tertiary/aromatic N) is 2. The summed E-state index contributed by atoms with van der Waals surface area (Å²) in [4.78, 5) is 0. The Morgan fingerprint density at radius 3 is 2.80 bits per heavy atom. The van der Waals surface area contributed by atoms with Gasteiger partial charge in [0.2, 0.25) is 0 Å². The van der Waals surface area contributed by atoms with Gasteiger partial charge in [-0.05, 0) is 13.8 Å². The molecule has 0 saturated carbocycles. The summed E-state index contributed by atoms with van der Waals surface area (Å²) in [7, 11) is 0. The van der Waals surface area contributed by atoms with Crippen molar-refractivity contribution in [2.45, 2.75) is 19.3 Å². The van der Waals surface area contributed by atoms with Crippen LogP contribution < -0.4 is 0 Å². The van der Waals surface area contributed by atoms with Crippen LogP contribution >= 0.6 is 0 Å². The van der Waals surface area contributed by atoms with E-state index in [1.165, 1.54) is 6.26 Å². The molecule has 3 heteroatoms. The van der Waals surface area contributed by atoms with Crippen LogP contribution in [0.25, 0.3) is 0 Å². The third kappa shape index (κ3) is 1.01. The van der Waals surface area contributed by atoms with Gasteiger partial charge in [0.05, 0.1) is 11.5 Å². The first-order chi connectivity index (χ1) is 4.67. The number of hydrogen-bond acceptors (Lipinski definition) is 3. The first kappa shape index (κ1) is 6.81. The van der Waals surface area contributed by atoms with E-state index in [0.29, 0.717) is 5.69 Å². The molecule has 1 heterocycles. The van der Waals surface area contributed by atoms with Crippen molar-refractivity contribution in [2.24, 2.45) is 0 Å². The predicted molar refractivity (Wildman–Crippen MR) is 35.1 cm³/mol. The number of rotatable bonds is 1. The average Bonchev–Trinajstić information content (AvgIpc) is 2.38. The van der Waals surface area contributed by atoms with Crippen LogP contribution in [0.4, 0.5) is 0 Å². The van der Waals surface area contributed by atoms with Crippen LogP contribution in [-0.4, -0.2) is 5.16 Å². The van der Waals surface area contributed by atoms with Crippen molar-refractivity contribution >= 4 is 0 Å². The van der Waals surface area contributed by atoms with Crippen molar-refractivity contribution in [1.29, 1.82) is 5.26 Å². The molecule has 0 radical (unpaired) electrons. The molecule has 1 rings (SSSR count). The summed E-state index contributed by atoms with van der Waals surface area (Å²) < 4.78 is 4.60. The van der Waals surface area contributed by atoms with Crippen molar-refractivity contribution in [3.8, 4) is 6.07 Å². The highest BCUT2D eigenvalue weighted by Gasteiger charge is 2.22. The molecule has 0 N–H and O–H groups in total. The summed E-state index contributed by atoms with van der Waals surface area (Å²) in [6.45, 7) is 3.59. The number of nitriles is 1. The molecular formula is C7H8N2O. The van der Waals surface area contributed by atoms with Gasteiger partial charge in [-0.25, -0.2) is 0 Å². The lowest BCUT2D eigenvalue weighted by molar-refractivity contribution is 0.401. The molecule has 0 fully saturated rings. The van der Waals surface area contributed by atoms with Crippen molar-refractivity contribution in [3.63, 3.8) is 0 Å². The Morgan fingerprint density at radius 2 is 2.40 bits per heavy atom. The van der Waals surface area contributed by atoms with Crippen molar-refractivity contribution in [2.75, 3.05) is 0 Å². The molecule has 0 aromatic carbocycles. The second-order valence-corrected chi connectivity index (χ2v) is 2.62. The zero-order valence-corrected chi connectivity index (χ0v) is 5.96. The van der Waals surface area contributed by atoms with Crippen LogP contribution in [0, 0.1) is 11.3 Å². The van der Waals surface area contributed by atoms with E-state index in [9.17, 15) is 0 Å². The van der Waals surface area contributed by atoms with Crippen LogP contribution in [0.1, 0.15) is 19.5 Å². The Kier molecular flexibility index (Phi) is 1.46. The van der Waals surface area contributed by atoms with Gasteiger partial charge in [0.15, 0.2) is 0 Å². The Morgan fingerprint density at radius 1 is 1.70 bits per heavy atom. The smallest absolute Gasteiger partial charge is 0.124 e. The van der Waals surface area contributed by atoms with Gasteiger partial charge in [0.1, 0.15) is 12.0 Å². The second-order valence-electron chi connectivity index (χ2n) is 2.62. The lowest BCUT2D eigenvalue weighted by Crippen LogP contribution is -2.13. The van der Waals surface area contributed by atoms with Gasteiger partial charge in [-0.1, -0.05) is 5.16 Å². The van der Waals surface area contributed by atoms with E-state index in [1.807, 2.05) is 0 Å². The van der Waals surface area contributed by atoms with Gasteiger partial charge in [-0.15, -0.1) is 0 Å². The first-order valence-corrected chi connectivity index (χ1v) is 2.99. The molecule has 0 bridgehead atoms. The van der Waals surface area contributed by atoms with Crippen molar-refractivity contribution < 1.29 is 4.52 Å². The summed E-state index contributed by atoms with van der Waals surface area (Å²) in [6.07, 6.45) is 1.47. The Hall–Kier alpha value is -1.30. The molecular weight excluding hydrogens is 128 g/mol. The summed E-state index contributed by atoms with van der Waals surface area (Å²) in [5, 5.41) is 12.3. The molecule has 0 amide bonds. The summed E-state index contributed by atoms with van der Waals surface area (Å²) >= 11 is 0. The Labute approximate surface area is 59.2 Å². The highest BCUT2D eigenvalue weighted by atomic mass is 16.5. The molecule has 0 atom stereocenters.